The molecule has 20 rings (SSSR count). The first kappa shape index (κ1) is 67.4. The van der Waals surface area contributed by atoms with Crippen LogP contribution in [-0.4, -0.2) is 334 Å². The highest BCUT2D eigenvalue weighted by atomic mass is 32.2. The molecular formula is C96H124F4N24O16S4. The summed E-state index contributed by atoms with van der Waals surface area (Å²) in [5.74, 6) is -1.68. The van der Waals surface area contributed by atoms with Crippen molar-refractivity contribution < 1.29 is 150 Å². The Bertz CT molecular complexity index is 8560. The van der Waals surface area contributed by atoms with Crippen molar-refractivity contribution in [3.63, 3.8) is 0 Å². The second-order valence-electron chi connectivity index (χ2n) is 32.9. The average Bonchev–Trinajstić information content (AvgIpc) is 1.48. The number of halogens is 4. The summed E-state index contributed by atoms with van der Waals surface area (Å²) in [5.41, 5.74) is -3.91. The number of benzene rings is 4. The number of fused-ring (bicyclic) bond motifs is 4. The predicted octanol–water partition coefficient (Wildman–Crippen LogP) is 8.73. The number of aliphatic hydroxyl groups excluding tert-OH is 2. The fourth-order valence-corrected chi connectivity index (χ4v) is 17.4. The van der Waals surface area contributed by atoms with Gasteiger partial charge < -0.3 is 101 Å². The van der Waals surface area contributed by atoms with Crippen molar-refractivity contribution >= 4 is 115 Å². The Hall–Kier alpha value is -9.52. The third-order valence-electron chi connectivity index (χ3n) is 22.9. The van der Waals surface area contributed by atoms with Crippen molar-refractivity contribution in [1.82, 2.24) is 99.8 Å². The summed E-state index contributed by atoms with van der Waals surface area (Å²) in [4.78, 5) is 34.4. The summed E-state index contributed by atoms with van der Waals surface area (Å²) in [6.07, 6.45) is -59.8. The first-order valence-electron chi connectivity index (χ1n) is 63.7. The van der Waals surface area contributed by atoms with E-state index in [2.05, 4.69) is 107 Å². The fourth-order valence-electron chi connectivity index (χ4n) is 15.1. The topological polar surface area (TPSA) is 554 Å². The van der Waals surface area contributed by atoms with Crippen molar-refractivity contribution in [3.8, 4) is 0 Å². The summed E-state index contributed by atoms with van der Waals surface area (Å²) in [5, 5.41) is 169. The van der Waals surface area contributed by atoms with Gasteiger partial charge in [0.05, 0.1) is 134 Å². The molecule has 24 atom stereocenters. The first-order valence-corrected chi connectivity index (χ1v) is 48.1. The Balaban J connectivity index is 0.000000160. The van der Waals surface area contributed by atoms with Crippen LogP contribution in [0.1, 0.15) is 249 Å². The van der Waals surface area contributed by atoms with E-state index in [-0.39, 0.29) is 170 Å². The molecule has 8 aliphatic carbocycles. The van der Waals surface area contributed by atoms with E-state index in [1.165, 1.54) is 24.3 Å². The lowest BCUT2D eigenvalue weighted by atomic mass is 10.1. The highest BCUT2D eigenvalue weighted by molar-refractivity contribution is 7.99. The molecule has 8 saturated carbocycles. The van der Waals surface area contributed by atoms with Gasteiger partial charge in [-0.2, -0.15) is 0 Å². The molecule has 0 spiro atoms. The van der Waals surface area contributed by atoms with Gasteiger partial charge in [0.1, 0.15) is 71.9 Å². The zero-order valence-electron chi connectivity index (χ0n) is 115. The van der Waals surface area contributed by atoms with Gasteiger partial charge >= 0.3 is 0 Å². The van der Waals surface area contributed by atoms with E-state index in [9.17, 15) is 78.8 Å². The van der Waals surface area contributed by atoms with Gasteiger partial charge in [0.15, 0.2) is 88.6 Å². The quantitative estimate of drug-likeness (QED) is 0.00969. The number of hydrogen-bond donors (Lipinski definition) is 16. The highest BCUT2D eigenvalue weighted by Gasteiger charge is 2.51. The minimum atomic E-state index is -4.22. The molecule has 0 radical (unpaired) electrons. The van der Waals surface area contributed by atoms with E-state index in [4.69, 9.17) is 66.3 Å². The zero-order chi connectivity index (χ0) is 136. The maximum absolute atomic E-state index is 14.2. The van der Waals surface area contributed by atoms with Gasteiger partial charge in [0.2, 0.25) is 0 Å². The minimum Gasteiger partial charge on any atom is -0.394 e. The van der Waals surface area contributed by atoms with E-state index < -0.39 is 215 Å². The number of rotatable bonds is 40. The lowest BCUT2D eigenvalue weighted by Crippen LogP contribution is -2.33. The van der Waals surface area contributed by atoms with Crippen LogP contribution in [0.25, 0.3) is 44.7 Å². The molecule has 8 fully saturated rings. The molecule has 0 aliphatic heterocycles. The van der Waals surface area contributed by atoms with Gasteiger partial charge in [0, 0.05) is 115 Å². The van der Waals surface area contributed by atoms with E-state index in [1.54, 1.807) is 97.0 Å². The SMILES string of the molecule is [2H]C([2H])(CC)Sc1nc(N[C@@H]2C[C@H]2c2ccc(C)c(F)c2)c2nnn([C@]3([2H])C([2H])([2H])[C@]([2H])(OCCO)[C@@]([2H])(O)[C@@]3([2H])O)c2n1.[2H]C([2H])(CO)O[C@@]1([2H])C([2H])([2H])[C@@]([2H])(n2nnc3c(N[C@@H]4C[C@H]4c4ccc(C)c(F)c4)nc(SC([2H])([2H])CC)nc32)[C@]([2H])(O)[C@]1([2H])O.[2H]C([2H])(O)C([2H])([2H])O[C@@]1([2H])C([2H])([2H])[C@@]([2H])(n2nnc3c(N[C@@H]4C[C@H]4c4ccc(C)c(F)c4)nc(SCCC)nc32)[C@]([2H])(O)[C@]1([2H])O.[2H]C([2H])(O)CO[C@@]1([2H])C([2H])([2H])[C@@]([2H])(n2nnc3c(N[C@@H]4C[C@H]4c4ccc(C)c(F)c4)nc(SC([2H])([2H])CC)nc32)[C@]([2H])(O)[C@]1([2H])O. The van der Waals surface area contributed by atoms with Crippen LogP contribution in [0.15, 0.2) is 93.4 Å². The summed E-state index contributed by atoms with van der Waals surface area (Å²) in [7, 11) is 0. The van der Waals surface area contributed by atoms with Crippen LogP contribution in [0.3, 0.4) is 0 Å². The smallest absolute Gasteiger partial charge is 0.191 e. The molecule has 0 saturated heterocycles. The van der Waals surface area contributed by atoms with Crippen LogP contribution in [0.2, 0.25) is 0 Å². The first-order chi connectivity index (χ1) is 83.2. The van der Waals surface area contributed by atoms with Gasteiger partial charge in [-0.1, -0.05) is 144 Å². The number of thioether (sulfide) groups is 4. The van der Waals surface area contributed by atoms with Gasteiger partial charge in [0.25, 0.3) is 0 Å². The largest absolute Gasteiger partial charge is 0.394 e. The molecule has 776 valence electrons. The lowest BCUT2D eigenvalue weighted by molar-refractivity contribution is -0.0629. The molecule has 8 aliphatic rings. The highest BCUT2D eigenvalue weighted by Crippen LogP contribution is 2.50. The Kier molecular flexibility index (Phi) is 22.2. The summed E-state index contributed by atoms with van der Waals surface area (Å²) in [6.45, 7) is -5.75. The molecule has 16 N–H and O–H groups in total. The number of aromatic nitrogens is 20. The van der Waals surface area contributed by atoms with Gasteiger partial charge in [-0.05, 0) is 148 Å². The zero-order valence-corrected chi connectivity index (χ0v) is 80.6. The molecule has 0 unspecified atom stereocenters. The van der Waals surface area contributed by atoms with Crippen molar-refractivity contribution in [1.29, 1.82) is 0 Å². The van der Waals surface area contributed by atoms with E-state index >= 15 is 0 Å². The molecule has 0 amide bonds. The third-order valence-corrected chi connectivity index (χ3v) is 26.4. The number of ether oxygens (including phenoxy) is 4. The van der Waals surface area contributed by atoms with Crippen LogP contribution < -0.4 is 21.3 Å². The lowest BCUT2D eigenvalue weighted by Gasteiger charge is -2.17. The average molecular weight is 2110 g/mol. The molecule has 0 bridgehead atoms. The second-order valence-corrected chi connectivity index (χ2v) is 36.5. The molecule has 4 aromatic carbocycles. The molecule has 8 heterocycles. The maximum atomic E-state index is 14.2. The van der Waals surface area contributed by atoms with E-state index in [0.29, 0.717) is 111 Å². The Morgan fingerprint density at radius 2 is 0.639 bits per heavy atom. The Morgan fingerprint density at radius 1 is 0.361 bits per heavy atom. The number of nitrogens with zero attached hydrogens (tertiary/aromatic N) is 20. The fraction of sp³-hybridized carbons (Fsp3) is 0.583. The van der Waals surface area contributed by atoms with Crippen LogP contribution in [0.4, 0.5) is 40.8 Å². The minimum absolute atomic E-state index is 0.00212. The van der Waals surface area contributed by atoms with Gasteiger partial charge in [-0.15, -0.1) is 20.4 Å². The summed E-state index contributed by atoms with van der Waals surface area (Å²) < 4.78 is 393. The molecule has 12 aromatic rings. The molecule has 48 heteroatoms. The second kappa shape index (κ2) is 47.3. The van der Waals surface area contributed by atoms with Crippen molar-refractivity contribution in [2.45, 2.75) is 298 Å². The number of anilines is 4. The van der Waals surface area contributed by atoms with Crippen molar-refractivity contribution in [2.75, 3.05) is 96.8 Å². The van der Waals surface area contributed by atoms with E-state index in [0.717, 1.165) is 22.9 Å². The van der Waals surface area contributed by atoms with Crippen LogP contribution in [0.5, 0.6) is 0 Å². The van der Waals surface area contributed by atoms with E-state index in [1.807, 2.05) is 6.92 Å². The van der Waals surface area contributed by atoms with Crippen LogP contribution >= 0.6 is 47.0 Å². The van der Waals surface area contributed by atoms with Gasteiger partial charge in [-0.25, -0.2) is 76.2 Å². The maximum Gasteiger partial charge on any atom is 0.191 e. The number of aliphatic hydroxyl groups is 12. The Morgan fingerprint density at radius 3 is 0.896 bits per heavy atom. The summed E-state index contributed by atoms with van der Waals surface area (Å²) >= 11 is 2.86. The molecule has 8 aromatic heterocycles. The number of nitrogens with one attached hydrogen (secondary N) is 4. The normalized spacial score (nSPS) is 41.8. The van der Waals surface area contributed by atoms with Crippen LogP contribution in [-0.2, 0) is 18.9 Å². The van der Waals surface area contributed by atoms with Crippen molar-refractivity contribution in [2.24, 2.45) is 0 Å². The van der Waals surface area contributed by atoms with Crippen LogP contribution in [0, 0.1) is 51.0 Å². The molecular weight excluding hydrogens is 1950 g/mol. The standard InChI is InChI=1S/4C24H31FN6O4S/c4*1-3-8-36-24-27-22(26-16-10-14(16)13-5-4-12(2)15(25)9-13)19-23(28-24)31(30-29-19)17-11-18(35-7-6-32)21(34)20(17)33/h4*4-5,9,14,16-18,20-21,32-34H,3,6-8,10-11H2,1-2H3,(H,26,27,28)/t4*14-,16+,17+,18-,20-,21+/m0000/s1/i7D2,8D2,11D2,17D,18D,20D,21D;6D2,8D2,11D2,17D,18D,20D,21D;6D2,7D2,11D2,17D,18D,20D,21D;8D2,11D2,17D,18D,20D,21D. The molecule has 40 nitrogen and oxygen atoms in total. The number of aryl methyl sites for hydroxylation is 4. The predicted molar refractivity (Wildman–Crippen MR) is 530 cm³/mol. The summed E-state index contributed by atoms with van der Waals surface area (Å²) in [6, 6.07) is 3.54. The van der Waals surface area contributed by atoms with Crippen molar-refractivity contribution in [3.05, 3.63) is 141 Å². The number of hydrogen-bond acceptors (Lipinski definition) is 40. The monoisotopic (exact) mass is 2110 g/mol. The van der Waals surface area contributed by atoms with Gasteiger partial charge in [-0.3, -0.25) is 0 Å². The Labute approximate surface area is 897 Å². The third kappa shape index (κ3) is 23.8. The molecule has 144 heavy (non-hydrogen) atoms.